The SMILES string of the molecule is CC(=O)N1CCN(CC(=O)c2cc(C)ccc2C)CC1. The molecule has 0 radical (unpaired) electrons. The van der Waals surface area contributed by atoms with Gasteiger partial charge in [0, 0.05) is 38.7 Å². The van der Waals surface area contributed by atoms with Gasteiger partial charge in [-0.15, -0.1) is 0 Å². The zero-order chi connectivity index (χ0) is 14.7. The Labute approximate surface area is 120 Å². The van der Waals surface area contributed by atoms with Gasteiger partial charge in [-0.05, 0) is 25.5 Å². The number of hydrogen-bond acceptors (Lipinski definition) is 3. The third kappa shape index (κ3) is 3.45. The number of Topliss-reactive ketones (excluding diaryl/α,β-unsaturated/α-hetero) is 1. The van der Waals surface area contributed by atoms with E-state index in [1.165, 1.54) is 0 Å². The normalized spacial score (nSPS) is 16.2. The van der Waals surface area contributed by atoms with Crippen LogP contribution in [0.3, 0.4) is 0 Å². The number of rotatable bonds is 3. The number of carbonyl (C=O) groups excluding carboxylic acids is 2. The number of ketones is 1. The molecule has 1 aromatic carbocycles. The van der Waals surface area contributed by atoms with Crippen molar-refractivity contribution < 1.29 is 9.59 Å². The average molecular weight is 274 g/mol. The highest BCUT2D eigenvalue weighted by atomic mass is 16.2. The van der Waals surface area contributed by atoms with Crippen LogP contribution in [0.1, 0.15) is 28.4 Å². The maximum Gasteiger partial charge on any atom is 0.219 e. The van der Waals surface area contributed by atoms with Gasteiger partial charge >= 0.3 is 0 Å². The summed E-state index contributed by atoms with van der Waals surface area (Å²) in [5, 5.41) is 0. The lowest BCUT2D eigenvalue weighted by Gasteiger charge is -2.33. The maximum atomic E-state index is 12.4. The molecule has 1 aliphatic rings. The summed E-state index contributed by atoms with van der Waals surface area (Å²) >= 11 is 0. The lowest BCUT2D eigenvalue weighted by molar-refractivity contribution is -0.130. The van der Waals surface area contributed by atoms with Crippen molar-refractivity contribution in [3.63, 3.8) is 0 Å². The number of carbonyl (C=O) groups is 2. The molecule has 0 bridgehead atoms. The Hall–Kier alpha value is -1.68. The summed E-state index contributed by atoms with van der Waals surface area (Å²) in [5.74, 6) is 0.285. The molecular formula is C16H22N2O2. The van der Waals surface area contributed by atoms with E-state index in [9.17, 15) is 9.59 Å². The van der Waals surface area contributed by atoms with Crippen molar-refractivity contribution in [3.05, 3.63) is 34.9 Å². The quantitative estimate of drug-likeness (QED) is 0.787. The molecule has 1 fully saturated rings. The second kappa shape index (κ2) is 6.18. The van der Waals surface area contributed by atoms with E-state index in [0.717, 1.165) is 42.9 Å². The van der Waals surface area contributed by atoms with Gasteiger partial charge in [-0.2, -0.15) is 0 Å². The molecule has 108 valence electrons. The molecular weight excluding hydrogens is 252 g/mol. The van der Waals surface area contributed by atoms with Gasteiger partial charge in [0.25, 0.3) is 0 Å². The molecule has 0 unspecified atom stereocenters. The van der Waals surface area contributed by atoms with Crippen LogP contribution in [0.5, 0.6) is 0 Å². The number of hydrogen-bond donors (Lipinski definition) is 0. The van der Waals surface area contributed by atoms with Crippen molar-refractivity contribution in [1.82, 2.24) is 9.80 Å². The van der Waals surface area contributed by atoms with Gasteiger partial charge in [-0.3, -0.25) is 14.5 Å². The largest absolute Gasteiger partial charge is 0.340 e. The first kappa shape index (κ1) is 14.7. The Morgan fingerprint density at radius 1 is 1.10 bits per heavy atom. The van der Waals surface area contributed by atoms with Crippen LogP contribution in [-0.4, -0.2) is 54.2 Å². The van der Waals surface area contributed by atoms with Crippen LogP contribution in [0, 0.1) is 13.8 Å². The first-order valence-corrected chi connectivity index (χ1v) is 7.05. The van der Waals surface area contributed by atoms with Crippen molar-refractivity contribution >= 4 is 11.7 Å². The average Bonchev–Trinajstić information content (AvgIpc) is 2.42. The summed E-state index contributed by atoms with van der Waals surface area (Å²) in [6, 6.07) is 5.98. The van der Waals surface area contributed by atoms with E-state index >= 15 is 0 Å². The van der Waals surface area contributed by atoms with Crippen LogP contribution < -0.4 is 0 Å². The number of nitrogens with zero attached hydrogens (tertiary/aromatic N) is 2. The predicted octanol–water partition coefficient (Wildman–Crippen LogP) is 1.65. The van der Waals surface area contributed by atoms with Crippen molar-refractivity contribution in [2.45, 2.75) is 20.8 Å². The van der Waals surface area contributed by atoms with E-state index in [2.05, 4.69) is 4.90 Å². The number of benzene rings is 1. The fourth-order valence-corrected chi connectivity index (χ4v) is 2.55. The van der Waals surface area contributed by atoms with Crippen LogP contribution in [0.25, 0.3) is 0 Å². The van der Waals surface area contributed by atoms with Crippen LogP contribution in [0.15, 0.2) is 18.2 Å². The highest BCUT2D eigenvalue weighted by Crippen LogP contribution is 2.13. The molecule has 1 amide bonds. The van der Waals surface area contributed by atoms with E-state index in [1.807, 2.05) is 36.9 Å². The Balaban J connectivity index is 1.96. The molecule has 4 heteroatoms. The molecule has 0 atom stereocenters. The third-order valence-corrected chi connectivity index (χ3v) is 3.88. The molecule has 20 heavy (non-hydrogen) atoms. The molecule has 1 heterocycles. The van der Waals surface area contributed by atoms with Crippen LogP contribution in [0.4, 0.5) is 0 Å². The second-order valence-electron chi connectivity index (χ2n) is 5.52. The topological polar surface area (TPSA) is 40.6 Å². The molecule has 1 saturated heterocycles. The smallest absolute Gasteiger partial charge is 0.219 e. The Kier molecular flexibility index (Phi) is 4.55. The van der Waals surface area contributed by atoms with Crippen LogP contribution >= 0.6 is 0 Å². The maximum absolute atomic E-state index is 12.4. The van der Waals surface area contributed by atoms with E-state index in [4.69, 9.17) is 0 Å². The minimum absolute atomic E-state index is 0.116. The summed E-state index contributed by atoms with van der Waals surface area (Å²) in [5.41, 5.74) is 2.96. The lowest BCUT2D eigenvalue weighted by Crippen LogP contribution is -2.49. The molecule has 0 aromatic heterocycles. The van der Waals surface area contributed by atoms with E-state index < -0.39 is 0 Å². The Morgan fingerprint density at radius 2 is 1.75 bits per heavy atom. The van der Waals surface area contributed by atoms with Crippen molar-refractivity contribution in [3.8, 4) is 0 Å². The minimum Gasteiger partial charge on any atom is -0.340 e. The third-order valence-electron chi connectivity index (χ3n) is 3.88. The number of amides is 1. The highest BCUT2D eigenvalue weighted by molar-refractivity contribution is 5.99. The lowest BCUT2D eigenvalue weighted by atomic mass is 10.0. The molecule has 1 aliphatic heterocycles. The Bertz CT molecular complexity index is 517. The summed E-state index contributed by atoms with van der Waals surface area (Å²) < 4.78 is 0. The zero-order valence-electron chi connectivity index (χ0n) is 12.5. The van der Waals surface area contributed by atoms with Gasteiger partial charge in [0.2, 0.25) is 5.91 Å². The first-order chi connectivity index (χ1) is 9.47. The molecule has 2 rings (SSSR count). The number of aryl methyl sites for hydroxylation is 2. The monoisotopic (exact) mass is 274 g/mol. The summed E-state index contributed by atoms with van der Waals surface area (Å²) in [7, 11) is 0. The second-order valence-corrected chi connectivity index (χ2v) is 5.52. The van der Waals surface area contributed by atoms with Crippen LogP contribution in [0.2, 0.25) is 0 Å². The highest BCUT2D eigenvalue weighted by Gasteiger charge is 2.21. The Morgan fingerprint density at radius 3 is 2.35 bits per heavy atom. The summed E-state index contributed by atoms with van der Waals surface area (Å²) in [6.45, 7) is 8.99. The zero-order valence-corrected chi connectivity index (χ0v) is 12.5. The van der Waals surface area contributed by atoms with Crippen molar-refractivity contribution in [1.29, 1.82) is 0 Å². The van der Waals surface area contributed by atoms with Gasteiger partial charge < -0.3 is 4.90 Å². The molecule has 4 nitrogen and oxygen atoms in total. The van der Waals surface area contributed by atoms with Gasteiger partial charge in [-0.25, -0.2) is 0 Å². The van der Waals surface area contributed by atoms with Gasteiger partial charge in [0.15, 0.2) is 5.78 Å². The minimum atomic E-state index is 0.116. The van der Waals surface area contributed by atoms with Gasteiger partial charge in [0.05, 0.1) is 6.54 Å². The molecule has 0 saturated carbocycles. The van der Waals surface area contributed by atoms with Crippen molar-refractivity contribution in [2.24, 2.45) is 0 Å². The molecule has 0 N–H and O–H groups in total. The van der Waals surface area contributed by atoms with Gasteiger partial charge in [-0.1, -0.05) is 17.7 Å². The van der Waals surface area contributed by atoms with Gasteiger partial charge in [0.1, 0.15) is 0 Å². The number of piperazine rings is 1. The fourth-order valence-electron chi connectivity index (χ4n) is 2.55. The molecule has 0 spiro atoms. The summed E-state index contributed by atoms with van der Waals surface area (Å²) in [4.78, 5) is 27.6. The van der Waals surface area contributed by atoms with E-state index in [1.54, 1.807) is 6.92 Å². The summed E-state index contributed by atoms with van der Waals surface area (Å²) in [6.07, 6.45) is 0. The molecule has 1 aromatic rings. The van der Waals surface area contributed by atoms with Crippen LogP contribution in [-0.2, 0) is 4.79 Å². The predicted molar refractivity (Wildman–Crippen MR) is 78.9 cm³/mol. The first-order valence-electron chi connectivity index (χ1n) is 7.05. The fraction of sp³-hybridized carbons (Fsp3) is 0.500. The standard InChI is InChI=1S/C16H22N2O2/c1-12-4-5-13(2)15(10-12)16(20)11-17-6-8-18(9-7-17)14(3)19/h4-5,10H,6-9,11H2,1-3H3. The van der Waals surface area contributed by atoms with Crippen molar-refractivity contribution in [2.75, 3.05) is 32.7 Å². The van der Waals surface area contributed by atoms with E-state index in [-0.39, 0.29) is 11.7 Å². The van der Waals surface area contributed by atoms with E-state index in [0.29, 0.717) is 6.54 Å². The molecule has 0 aliphatic carbocycles.